The number of carboxylic acid groups (broad SMARTS) is 1. The van der Waals surface area contributed by atoms with Crippen LogP contribution in [-0.4, -0.2) is 16.1 Å². The lowest BCUT2D eigenvalue weighted by Gasteiger charge is -2.08. The molecule has 2 rings (SSSR count). The van der Waals surface area contributed by atoms with Crippen LogP contribution in [0.3, 0.4) is 0 Å². The number of aromatic nitrogens is 1. The first kappa shape index (κ1) is 12.6. The van der Waals surface area contributed by atoms with Crippen molar-refractivity contribution >= 4 is 21.9 Å². The SMILES string of the molecule is Cc1ccnc(Oc2ccc(Br)cc2C(=O)O)c1. The maximum Gasteiger partial charge on any atom is 0.339 e. The van der Waals surface area contributed by atoms with Gasteiger partial charge in [-0.15, -0.1) is 0 Å². The van der Waals surface area contributed by atoms with E-state index in [2.05, 4.69) is 20.9 Å². The summed E-state index contributed by atoms with van der Waals surface area (Å²) in [4.78, 5) is 15.1. The molecule has 2 aromatic rings. The monoisotopic (exact) mass is 307 g/mol. The van der Waals surface area contributed by atoms with E-state index >= 15 is 0 Å². The summed E-state index contributed by atoms with van der Waals surface area (Å²) < 4.78 is 6.18. The summed E-state index contributed by atoms with van der Waals surface area (Å²) in [5.41, 5.74) is 1.08. The predicted molar refractivity (Wildman–Crippen MR) is 70.1 cm³/mol. The van der Waals surface area contributed by atoms with Crippen LogP contribution < -0.4 is 4.74 Å². The molecule has 0 spiro atoms. The summed E-state index contributed by atoms with van der Waals surface area (Å²) in [7, 11) is 0. The van der Waals surface area contributed by atoms with Gasteiger partial charge in [0.25, 0.3) is 0 Å². The lowest BCUT2D eigenvalue weighted by molar-refractivity contribution is 0.0694. The first-order valence-electron chi connectivity index (χ1n) is 5.19. The summed E-state index contributed by atoms with van der Waals surface area (Å²) in [5.74, 6) is -0.400. The average Bonchev–Trinajstić information content (AvgIpc) is 2.31. The predicted octanol–water partition coefficient (Wildman–Crippen LogP) is 3.64. The van der Waals surface area contributed by atoms with Crippen LogP contribution in [-0.2, 0) is 0 Å². The minimum atomic E-state index is -1.04. The molecule has 4 nitrogen and oxygen atoms in total. The molecule has 0 aliphatic rings. The molecule has 92 valence electrons. The van der Waals surface area contributed by atoms with Gasteiger partial charge in [-0.3, -0.25) is 0 Å². The zero-order valence-corrected chi connectivity index (χ0v) is 11.1. The van der Waals surface area contributed by atoms with Gasteiger partial charge < -0.3 is 9.84 Å². The number of carbonyl (C=O) groups is 1. The maximum atomic E-state index is 11.1. The number of aromatic carboxylic acids is 1. The van der Waals surface area contributed by atoms with Crippen molar-refractivity contribution in [2.75, 3.05) is 0 Å². The van der Waals surface area contributed by atoms with Gasteiger partial charge in [0.15, 0.2) is 0 Å². The molecule has 0 bridgehead atoms. The zero-order valence-electron chi connectivity index (χ0n) is 9.55. The molecule has 1 N–H and O–H groups in total. The van der Waals surface area contributed by atoms with Crippen molar-refractivity contribution in [3.8, 4) is 11.6 Å². The van der Waals surface area contributed by atoms with Crippen LogP contribution in [0.15, 0.2) is 41.0 Å². The maximum absolute atomic E-state index is 11.1. The van der Waals surface area contributed by atoms with Crippen molar-refractivity contribution in [1.82, 2.24) is 4.98 Å². The van der Waals surface area contributed by atoms with E-state index in [9.17, 15) is 4.79 Å². The fourth-order valence-electron chi connectivity index (χ4n) is 1.44. The number of aryl methyl sites for hydroxylation is 1. The van der Waals surface area contributed by atoms with E-state index in [4.69, 9.17) is 9.84 Å². The molecule has 1 aromatic heterocycles. The highest BCUT2D eigenvalue weighted by Gasteiger charge is 2.13. The van der Waals surface area contributed by atoms with E-state index in [0.717, 1.165) is 5.56 Å². The number of nitrogens with zero attached hydrogens (tertiary/aromatic N) is 1. The fraction of sp³-hybridized carbons (Fsp3) is 0.0769. The Bertz CT molecular complexity index is 599. The number of halogens is 1. The van der Waals surface area contributed by atoms with Gasteiger partial charge in [-0.1, -0.05) is 15.9 Å². The Balaban J connectivity index is 2.37. The quantitative estimate of drug-likeness (QED) is 0.940. The van der Waals surface area contributed by atoms with Crippen LogP contribution in [0, 0.1) is 6.92 Å². The Hall–Kier alpha value is -1.88. The van der Waals surface area contributed by atoms with Crippen LogP contribution in [0.1, 0.15) is 15.9 Å². The number of rotatable bonds is 3. The molecular formula is C13H10BrNO3. The Morgan fingerprint density at radius 1 is 1.33 bits per heavy atom. The van der Waals surface area contributed by atoms with Gasteiger partial charge in [-0.2, -0.15) is 0 Å². The molecule has 0 atom stereocenters. The molecular weight excluding hydrogens is 298 g/mol. The highest BCUT2D eigenvalue weighted by Crippen LogP contribution is 2.27. The minimum Gasteiger partial charge on any atom is -0.478 e. The van der Waals surface area contributed by atoms with E-state index < -0.39 is 5.97 Å². The van der Waals surface area contributed by atoms with E-state index in [1.165, 1.54) is 6.07 Å². The molecule has 0 fully saturated rings. The molecule has 5 heteroatoms. The number of ether oxygens (including phenoxy) is 1. The van der Waals surface area contributed by atoms with Crippen molar-refractivity contribution in [2.45, 2.75) is 6.92 Å². The van der Waals surface area contributed by atoms with E-state index in [1.807, 2.05) is 13.0 Å². The second-order valence-corrected chi connectivity index (χ2v) is 4.63. The van der Waals surface area contributed by atoms with Crippen molar-refractivity contribution in [2.24, 2.45) is 0 Å². The third-order valence-corrected chi connectivity index (χ3v) is 2.77. The number of benzene rings is 1. The molecule has 0 saturated carbocycles. The molecule has 0 aliphatic carbocycles. The summed E-state index contributed by atoms with van der Waals surface area (Å²) in [5, 5.41) is 9.10. The Morgan fingerprint density at radius 3 is 2.78 bits per heavy atom. The van der Waals surface area contributed by atoms with Crippen LogP contribution in [0.2, 0.25) is 0 Å². The lowest BCUT2D eigenvalue weighted by atomic mass is 10.2. The van der Waals surface area contributed by atoms with Gasteiger partial charge in [0.05, 0.1) is 0 Å². The molecule has 18 heavy (non-hydrogen) atoms. The van der Waals surface area contributed by atoms with Crippen molar-refractivity contribution < 1.29 is 14.6 Å². The largest absolute Gasteiger partial charge is 0.478 e. The Labute approximate surface area is 112 Å². The van der Waals surface area contributed by atoms with Crippen LogP contribution in [0.4, 0.5) is 0 Å². The molecule has 0 aliphatic heterocycles. The molecule has 1 heterocycles. The van der Waals surface area contributed by atoms with Crippen LogP contribution in [0.25, 0.3) is 0 Å². The van der Waals surface area contributed by atoms with Gasteiger partial charge in [0, 0.05) is 16.7 Å². The Kier molecular flexibility index (Phi) is 3.62. The summed E-state index contributed by atoms with van der Waals surface area (Å²) in [6.45, 7) is 1.91. The number of carboxylic acids is 1. The molecule has 0 amide bonds. The van der Waals surface area contributed by atoms with Crippen molar-refractivity contribution in [3.63, 3.8) is 0 Å². The van der Waals surface area contributed by atoms with Crippen LogP contribution >= 0.6 is 15.9 Å². The lowest BCUT2D eigenvalue weighted by Crippen LogP contribution is -2.00. The second-order valence-electron chi connectivity index (χ2n) is 3.72. The summed E-state index contributed by atoms with van der Waals surface area (Å²) >= 11 is 3.23. The Morgan fingerprint density at radius 2 is 2.11 bits per heavy atom. The molecule has 0 radical (unpaired) electrons. The first-order chi connectivity index (χ1) is 8.56. The molecule has 0 unspecified atom stereocenters. The topological polar surface area (TPSA) is 59.4 Å². The van der Waals surface area contributed by atoms with Gasteiger partial charge in [-0.25, -0.2) is 9.78 Å². The van der Waals surface area contributed by atoms with E-state index in [-0.39, 0.29) is 11.3 Å². The van der Waals surface area contributed by atoms with Crippen molar-refractivity contribution in [1.29, 1.82) is 0 Å². The number of hydrogen-bond donors (Lipinski definition) is 1. The first-order valence-corrected chi connectivity index (χ1v) is 5.99. The highest BCUT2D eigenvalue weighted by atomic mass is 79.9. The standard InChI is InChI=1S/C13H10BrNO3/c1-8-4-5-15-12(6-8)18-11-3-2-9(14)7-10(11)13(16)17/h2-7H,1H3,(H,16,17). The highest BCUT2D eigenvalue weighted by molar-refractivity contribution is 9.10. The fourth-order valence-corrected chi connectivity index (χ4v) is 1.80. The number of hydrogen-bond acceptors (Lipinski definition) is 3. The summed E-state index contributed by atoms with van der Waals surface area (Å²) in [6, 6.07) is 8.39. The third kappa shape index (κ3) is 2.87. The zero-order chi connectivity index (χ0) is 13.1. The number of pyridine rings is 1. The normalized spacial score (nSPS) is 10.1. The van der Waals surface area contributed by atoms with Gasteiger partial charge in [0.2, 0.25) is 5.88 Å². The molecule has 1 aromatic carbocycles. The van der Waals surface area contributed by atoms with Gasteiger partial charge >= 0.3 is 5.97 Å². The van der Waals surface area contributed by atoms with Crippen molar-refractivity contribution in [3.05, 3.63) is 52.1 Å². The average molecular weight is 308 g/mol. The third-order valence-electron chi connectivity index (χ3n) is 2.28. The van der Waals surface area contributed by atoms with Gasteiger partial charge in [0.1, 0.15) is 11.3 Å². The van der Waals surface area contributed by atoms with E-state index in [1.54, 1.807) is 24.4 Å². The minimum absolute atomic E-state index is 0.0904. The molecule has 0 saturated heterocycles. The van der Waals surface area contributed by atoms with Gasteiger partial charge in [-0.05, 0) is 36.8 Å². The van der Waals surface area contributed by atoms with Crippen LogP contribution in [0.5, 0.6) is 11.6 Å². The summed E-state index contributed by atoms with van der Waals surface area (Å²) in [6.07, 6.45) is 1.62. The smallest absolute Gasteiger partial charge is 0.339 e. The second kappa shape index (κ2) is 5.18. The van der Waals surface area contributed by atoms with E-state index in [0.29, 0.717) is 10.4 Å².